The van der Waals surface area contributed by atoms with Crippen molar-refractivity contribution in [1.82, 2.24) is 10.6 Å². The maximum Gasteiger partial charge on any atom is 0.306 e. The van der Waals surface area contributed by atoms with Crippen molar-refractivity contribution in [3.63, 3.8) is 0 Å². The van der Waals surface area contributed by atoms with Gasteiger partial charge in [-0.1, -0.05) is 0 Å². The van der Waals surface area contributed by atoms with E-state index in [0.29, 0.717) is 0 Å². The zero-order valence-corrected chi connectivity index (χ0v) is 5.71. The normalized spacial score (nSPS) is 20.8. The van der Waals surface area contributed by atoms with Crippen LogP contribution in [0, 0.1) is 0 Å². The van der Waals surface area contributed by atoms with Crippen LogP contribution in [0.1, 0.15) is 12.8 Å². The summed E-state index contributed by atoms with van der Waals surface area (Å²) in [5, 5.41) is 15.4. The number of carboxylic acids is 1. The van der Waals surface area contributed by atoms with Crippen LogP contribution in [0.2, 0.25) is 0 Å². The number of aliphatic carboxylic acids is 1. The molecule has 1 saturated heterocycles. The Morgan fingerprint density at radius 1 is 1.80 bits per heavy atom. The van der Waals surface area contributed by atoms with Crippen molar-refractivity contribution in [3.8, 4) is 0 Å². The summed E-state index contributed by atoms with van der Waals surface area (Å²) in [4.78, 5) is 10.2. The van der Waals surface area contributed by atoms with Crippen LogP contribution in [0.3, 0.4) is 0 Å². The Morgan fingerprint density at radius 3 is 3.10 bits per heavy atom. The van der Waals surface area contributed by atoms with Crippen LogP contribution in [0.25, 0.3) is 0 Å². The molecule has 0 aromatic heterocycles. The van der Waals surface area contributed by atoms with Crippen molar-refractivity contribution in [1.29, 1.82) is 0 Å². The van der Waals surface area contributed by atoms with Gasteiger partial charge in [0, 0.05) is 6.54 Å². The molecule has 0 aliphatic carbocycles. The fraction of sp³-hybridized carbons (Fsp3) is 0.833. The van der Waals surface area contributed by atoms with E-state index in [2.05, 4.69) is 10.6 Å². The maximum absolute atomic E-state index is 10.2. The Hall–Kier alpha value is -0.610. The van der Waals surface area contributed by atoms with E-state index in [-0.39, 0.29) is 12.6 Å². The standard InChI is InChI=1S/C6H11N2O2/c9-6(10)4-5-7-2-1-3-8-5/h5,7H,1-4H2,(H,9,10). The molecule has 0 aromatic carbocycles. The third kappa shape index (κ3) is 2.33. The summed E-state index contributed by atoms with van der Waals surface area (Å²) >= 11 is 0. The predicted molar refractivity (Wildman–Crippen MR) is 35.7 cm³/mol. The predicted octanol–water partition coefficient (Wildman–Crippen LogP) is -0.615. The van der Waals surface area contributed by atoms with Crippen LogP contribution in [0.15, 0.2) is 0 Å². The van der Waals surface area contributed by atoms with Gasteiger partial charge in [-0.25, -0.2) is 5.32 Å². The van der Waals surface area contributed by atoms with Gasteiger partial charge in [0.05, 0.1) is 12.6 Å². The maximum atomic E-state index is 10.2. The van der Waals surface area contributed by atoms with Crippen molar-refractivity contribution in [2.75, 3.05) is 13.1 Å². The van der Waals surface area contributed by atoms with E-state index in [1.807, 2.05) is 0 Å². The van der Waals surface area contributed by atoms with Gasteiger partial charge >= 0.3 is 5.97 Å². The number of nitrogens with one attached hydrogen (secondary N) is 1. The first-order chi connectivity index (χ1) is 4.79. The zero-order valence-electron chi connectivity index (χ0n) is 5.71. The number of carboxylic acid groups (broad SMARTS) is 1. The molecule has 0 bridgehead atoms. The lowest BCUT2D eigenvalue weighted by atomic mass is 10.2. The van der Waals surface area contributed by atoms with Gasteiger partial charge < -0.3 is 10.4 Å². The fourth-order valence-electron chi connectivity index (χ4n) is 0.962. The van der Waals surface area contributed by atoms with Crippen LogP contribution in [-0.4, -0.2) is 30.3 Å². The largest absolute Gasteiger partial charge is 0.481 e. The van der Waals surface area contributed by atoms with Gasteiger partial charge in [-0.3, -0.25) is 4.79 Å². The molecule has 2 N–H and O–H groups in total. The number of rotatable bonds is 2. The second kappa shape index (κ2) is 3.53. The van der Waals surface area contributed by atoms with E-state index in [0.717, 1.165) is 19.5 Å². The molecular weight excluding hydrogens is 132 g/mol. The molecule has 1 radical (unpaired) electrons. The van der Waals surface area contributed by atoms with Gasteiger partial charge in [-0.15, -0.1) is 0 Å². The average Bonchev–Trinajstić information content (AvgIpc) is 1.88. The second-order valence-electron chi connectivity index (χ2n) is 2.33. The first-order valence-corrected chi connectivity index (χ1v) is 3.41. The molecule has 1 unspecified atom stereocenters. The van der Waals surface area contributed by atoms with E-state index in [4.69, 9.17) is 5.11 Å². The summed E-state index contributed by atoms with van der Waals surface area (Å²) in [5.74, 6) is -0.789. The molecule has 1 aliphatic heterocycles. The summed E-state index contributed by atoms with van der Waals surface area (Å²) in [5.41, 5.74) is 0. The summed E-state index contributed by atoms with van der Waals surface area (Å²) in [6.45, 7) is 1.69. The summed E-state index contributed by atoms with van der Waals surface area (Å²) in [6.07, 6.45) is 0.988. The molecule has 1 rings (SSSR count). The monoisotopic (exact) mass is 143 g/mol. The Bertz CT molecular complexity index is 121. The lowest BCUT2D eigenvalue weighted by Gasteiger charge is -2.21. The van der Waals surface area contributed by atoms with Crippen molar-refractivity contribution < 1.29 is 9.90 Å². The number of hydrogen-bond donors (Lipinski definition) is 2. The molecule has 57 valence electrons. The van der Waals surface area contributed by atoms with E-state index < -0.39 is 5.97 Å². The van der Waals surface area contributed by atoms with E-state index in [9.17, 15) is 4.79 Å². The molecule has 0 saturated carbocycles. The molecule has 0 aromatic rings. The Balaban J connectivity index is 2.19. The molecule has 4 heteroatoms. The van der Waals surface area contributed by atoms with Crippen LogP contribution in [0.5, 0.6) is 0 Å². The van der Waals surface area contributed by atoms with Gasteiger partial charge in [-0.05, 0) is 13.0 Å². The van der Waals surface area contributed by atoms with Crippen molar-refractivity contribution in [2.24, 2.45) is 0 Å². The quantitative estimate of drug-likeness (QED) is 0.541. The molecule has 10 heavy (non-hydrogen) atoms. The molecule has 1 fully saturated rings. The van der Waals surface area contributed by atoms with Crippen molar-refractivity contribution >= 4 is 5.97 Å². The summed E-state index contributed by atoms with van der Waals surface area (Å²) in [6, 6.07) is 0. The molecule has 0 amide bonds. The Labute approximate surface area is 59.6 Å². The molecule has 0 spiro atoms. The first-order valence-electron chi connectivity index (χ1n) is 3.41. The highest BCUT2D eigenvalue weighted by Crippen LogP contribution is 1.95. The summed E-state index contributed by atoms with van der Waals surface area (Å²) < 4.78 is 0. The molecule has 1 atom stereocenters. The lowest BCUT2D eigenvalue weighted by molar-refractivity contribution is -0.137. The Kier molecular flexibility index (Phi) is 2.65. The number of hydrogen-bond acceptors (Lipinski definition) is 2. The third-order valence-electron chi connectivity index (χ3n) is 1.43. The number of carbonyl (C=O) groups is 1. The third-order valence-corrected chi connectivity index (χ3v) is 1.43. The van der Waals surface area contributed by atoms with E-state index in [1.54, 1.807) is 0 Å². The lowest BCUT2D eigenvalue weighted by Crippen LogP contribution is -2.45. The fourth-order valence-corrected chi connectivity index (χ4v) is 0.962. The highest BCUT2D eigenvalue weighted by molar-refractivity contribution is 5.67. The van der Waals surface area contributed by atoms with Gasteiger partial charge in [0.1, 0.15) is 0 Å². The van der Waals surface area contributed by atoms with Crippen LogP contribution < -0.4 is 10.6 Å². The highest BCUT2D eigenvalue weighted by Gasteiger charge is 2.15. The topological polar surface area (TPSA) is 63.4 Å². The van der Waals surface area contributed by atoms with Gasteiger partial charge in [0.2, 0.25) is 0 Å². The molecule has 4 nitrogen and oxygen atoms in total. The van der Waals surface area contributed by atoms with E-state index >= 15 is 0 Å². The highest BCUT2D eigenvalue weighted by atomic mass is 16.4. The minimum atomic E-state index is -0.789. The zero-order chi connectivity index (χ0) is 7.40. The molecule has 1 aliphatic rings. The smallest absolute Gasteiger partial charge is 0.306 e. The van der Waals surface area contributed by atoms with E-state index in [1.165, 1.54) is 0 Å². The second-order valence-corrected chi connectivity index (χ2v) is 2.33. The Morgan fingerprint density at radius 2 is 2.60 bits per heavy atom. The first kappa shape index (κ1) is 7.50. The molecule has 1 heterocycles. The minimum absolute atomic E-state index is 0.111. The van der Waals surface area contributed by atoms with Gasteiger partial charge in [0.25, 0.3) is 0 Å². The summed E-state index contributed by atoms with van der Waals surface area (Å²) in [7, 11) is 0. The van der Waals surface area contributed by atoms with Crippen LogP contribution >= 0.6 is 0 Å². The van der Waals surface area contributed by atoms with Gasteiger partial charge in [-0.2, -0.15) is 0 Å². The minimum Gasteiger partial charge on any atom is -0.481 e. The SMILES string of the molecule is O=C(O)CC1[N]CCCN1. The average molecular weight is 143 g/mol. The number of nitrogens with zero attached hydrogens (tertiary/aromatic N) is 1. The van der Waals surface area contributed by atoms with Crippen molar-refractivity contribution in [2.45, 2.75) is 19.0 Å². The molecular formula is C6H11N2O2. The van der Waals surface area contributed by atoms with Crippen LogP contribution in [0.4, 0.5) is 0 Å². The van der Waals surface area contributed by atoms with Crippen LogP contribution in [-0.2, 0) is 4.79 Å². The van der Waals surface area contributed by atoms with Crippen molar-refractivity contribution in [3.05, 3.63) is 0 Å². The van der Waals surface area contributed by atoms with Gasteiger partial charge in [0.15, 0.2) is 0 Å².